The van der Waals surface area contributed by atoms with Crippen LogP contribution in [-0.2, 0) is 4.79 Å². The van der Waals surface area contributed by atoms with Gasteiger partial charge in [0.25, 0.3) is 0 Å². The summed E-state index contributed by atoms with van der Waals surface area (Å²) in [6.45, 7) is 6.62. The SMILES string of the molecule is CCCNCCNC(=O)C(c1ccccc1)N1CCSCC1. The molecule has 2 rings (SSSR count). The van der Waals surface area contributed by atoms with Gasteiger partial charge in [0.15, 0.2) is 0 Å². The third-order valence-electron chi connectivity index (χ3n) is 3.80. The molecule has 1 aromatic carbocycles. The minimum absolute atomic E-state index is 0.122. The van der Waals surface area contributed by atoms with Gasteiger partial charge in [0, 0.05) is 37.7 Å². The Balaban J connectivity index is 1.96. The van der Waals surface area contributed by atoms with E-state index in [9.17, 15) is 4.79 Å². The highest BCUT2D eigenvalue weighted by atomic mass is 32.2. The summed E-state index contributed by atoms with van der Waals surface area (Å²) in [7, 11) is 0. The molecule has 2 N–H and O–H groups in total. The monoisotopic (exact) mass is 321 g/mol. The smallest absolute Gasteiger partial charge is 0.242 e. The zero-order valence-electron chi connectivity index (χ0n) is 13.4. The Bertz CT molecular complexity index is 435. The van der Waals surface area contributed by atoms with Crippen molar-refractivity contribution >= 4 is 17.7 Å². The van der Waals surface area contributed by atoms with E-state index in [2.05, 4.69) is 34.6 Å². The molecule has 1 aliphatic heterocycles. The van der Waals surface area contributed by atoms with Crippen molar-refractivity contribution in [2.45, 2.75) is 19.4 Å². The lowest BCUT2D eigenvalue weighted by Crippen LogP contribution is -2.45. The summed E-state index contributed by atoms with van der Waals surface area (Å²) in [5, 5.41) is 6.40. The molecule has 1 atom stereocenters. The highest BCUT2D eigenvalue weighted by molar-refractivity contribution is 7.99. The minimum atomic E-state index is -0.159. The molecule has 5 heteroatoms. The van der Waals surface area contributed by atoms with E-state index in [1.54, 1.807) is 0 Å². The summed E-state index contributed by atoms with van der Waals surface area (Å²) in [5.41, 5.74) is 1.09. The number of hydrogen-bond acceptors (Lipinski definition) is 4. The average Bonchev–Trinajstić information content (AvgIpc) is 2.57. The lowest BCUT2D eigenvalue weighted by Gasteiger charge is -2.33. The fourth-order valence-electron chi connectivity index (χ4n) is 2.67. The summed E-state index contributed by atoms with van der Waals surface area (Å²) in [5.74, 6) is 2.33. The average molecular weight is 321 g/mol. The minimum Gasteiger partial charge on any atom is -0.353 e. The first-order chi connectivity index (χ1) is 10.8. The summed E-state index contributed by atoms with van der Waals surface area (Å²) >= 11 is 1.97. The Labute approximate surface area is 138 Å². The van der Waals surface area contributed by atoms with Gasteiger partial charge in [-0.25, -0.2) is 0 Å². The second-order valence-corrected chi connectivity index (χ2v) is 6.73. The predicted octanol–water partition coefficient (Wildman–Crippen LogP) is 1.89. The maximum atomic E-state index is 12.7. The van der Waals surface area contributed by atoms with Crippen LogP contribution in [0.25, 0.3) is 0 Å². The molecular weight excluding hydrogens is 294 g/mol. The molecule has 0 spiro atoms. The molecular formula is C17H27N3OS. The Morgan fingerprint density at radius 1 is 1.18 bits per heavy atom. The largest absolute Gasteiger partial charge is 0.353 e. The first-order valence-corrected chi connectivity index (χ1v) is 9.33. The van der Waals surface area contributed by atoms with Gasteiger partial charge in [0.2, 0.25) is 5.91 Å². The number of amides is 1. The number of rotatable bonds is 8. The first kappa shape index (κ1) is 17.3. The molecule has 1 saturated heterocycles. The molecule has 1 heterocycles. The zero-order chi connectivity index (χ0) is 15.6. The Hall–Kier alpha value is -1.04. The van der Waals surface area contributed by atoms with Crippen molar-refractivity contribution in [2.75, 3.05) is 44.2 Å². The topological polar surface area (TPSA) is 44.4 Å². The molecule has 1 amide bonds. The van der Waals surface area contributed by atoms with Crippen molar-refractivity contribution in [3.63, 3.8) is 0 Å². The maximum Gasteiger partial charge on any atom is 0.242 e. The molecule has 0 aromatic heterocycles. The van der Waals surface area contributed by atoms with E-state index in [-0.39, 0.29) is 11.9 Å². The van der Waals surface area contributed by atoms with Crippen LogP contribution in [0.3, 0.4) is 0 Å². The van der Waals surface area contributed by atoms with Crippen LogP contribution in [0.4, 0.5) is 0 Å². The van der Waals surface area contributed by atoms with Crippen molar-refractivity contribution < 1.29 is 4.79 Å². The van der Waals surface area contributed by atoms with Gasteiger partial charge in [-0.3, -0.25) is 9.69 Å². The fourth-order valence-corrected chi connectivity index (χ4v) is 3.60. The van der Waals surface area contributed by atoms with Crippen LogP contribution in [0.5, 0.6) is 0 Å². The van der Waals surface area contributed by atoms with Gasteiger partial charge in [-0.2, -0.15) is 11.8 Å². The quantitative estimate of drug-likeness (QED) is 0.718. The second-order valence-electron chi connectivity index (χ2n) is 5.50. The van der Waals surface area contributed by atoms with Crippen LogP contribution in [0.1, 0.15) is 24.9 Å². The van der Waals surface area contributed by atoms with Gasteiger partial charge in [-0.05, 0) is 18.5 Å². The van der Waals surface area contributed by atoms with E-state index in [1.807, 2.05) is 30.0 Å². The molecule has 22 heavy (non-hydrogen) atoms. The van der Waals surface area contributed by atoms with Crippen LogP contribution in [0, 0.1) is 0 Å². The molecule has 0 bridgehead atoms. The molecule has 4 nitrogen and oxygen atoms in total. The summed E-state index contributed by atoms with van der Waals surface area (Å²) < 4.78 is 0. The van der Waals surface area contributed by atoms with Gasteiger partial charge in [-0.15, -0.1) is 0 Å². The molecule has 0 radical (unpaired) electrons. The summed E-state index contributed by atoms with van der Waals surface area (Å²) in [6.07, 6.45) is 1.12. The Kier molecular flexibility index (Phi) is 7.77. The lowest BCUT2D eigenvalue weighted by molar-refractivity contribution is -0.126. The van der Waals surface area contributed by atoms with E-state index in [0.717, 1.165) is 49.7 Å². The molecule has 1 aliphatic rings. The fraction of sp³-hybridized carbons (Fsp3) is 0.588. The third kappa shape index (κ3) is 5.30. The van der Waals surface area contributed by atoms with Crippen LogP contribution in [-0.4, -0.2) is 55.0 Å². The van der Waals surface area contributed by atoms with Gasteiger partial charge in [0.05, 0.1) is 0 Å². The summed E-state index contributed by atoms with van der Waals surface area (Å²) in [6, 6.07) is 9.98. The molecule has 1 aromatic rings. The third-order valence-corrected chi connectivity index (χ3v) is 4.74. The van der Waals surface area contributed by atoms with E-state index in [1.165, 1.54) is 0 Å². The van der Waals surface area contributed by atoms with E-state index in [4.69, 9.17) is 0 Å². The summed E-state index contributed by atoms with van der Waals surface area (Å²) in [4.78, 5) is 15.0. The number of carbonyl (C=O) groups excluding carboxylic acids is 1. The number of nitrogens with zero attached hydrogens (tertiary/aromatic N) is 1. The van der Waals surface area contributed by atoms with E-state index >= 15 is 0 Å². The molecule has 1 unspecified atom stereocenters. The highest BCUT2D eigenvalue weighted by Crippen LogP contribution is 2.24. The Morgan fingerprint density at radius 3 is 2.59 bits per heavy atom. The predicted molar refractivity (Wildman–Crippen MR) is 94.3 cm³/mol. The van der Waals surface area contributed by atoms with Crippen LogP contribution in [0.15, 0.2) is 30.3 Å². The van der Waals surface area contributed by atoms with Gasteiger partial charge >= 0.3 is 0 Å². The number of benzene rings is 1. The van der Waals surface area contributed by atoms with Crippen molar-refractivity contribution in [1.82, 2.24) is 15.5 Å². The van der Waals surface area contributed by atoms with Crippen molar-refractivity contribution in [3.05, 3.63) is 35.9 Å². The van der Waals surface area contributed by atoms with Crippen LogP contribution < -0.4 is 10.6 Å². The zero-order valence-corrected chi connectivity index (χ0v) is 14.2. The first-order valence-electron chi connectivity index (χ1n) is 8.18. The number of hydrogen-bond donors (Lipinski definition) is 2. The van der Waals surface area contributed by atoms with E-state index in [0.29, 0.717) is 6.54 Å². The van der Waals surface area contributed by atoms with Gasteiger partial charge < -0.3 is 10.6 Å². The van der Waals surface area contributed by atoms with Crippen molar-refractivity contribution in [2.24, 2.45) is 0 Å². The molecule has 122 valence electrons. The number of nitrogens with one attached hydrogen (secondary N) is 2. The van der Waals surface area contributed by atoms with Gasteiger partial charge in [0.1, 0.15) is 6.04 Å². The maximum absolute atomic E-state index is 12.7. The van der Waals surface area contributed by atoms with Crippen molar-refractivity contribution in [1.29, 1.82) is 0 Å². The van der Waals surface area contributed by atoms with Crippen molar-refractivity contribution in [3.8, 4) is 0 Å². The molecule has 1 fully saturated rings. The van der Waals surface area contributed by atoms with Crippen LogP contribution >= 0.6 is 11.8 Å². The van der Waals surface area contributed by atoms with Gasteiger partial charge in [-0.1, -0.05) is 37.3 Å². The second kappa shape index (κ2) is 9.87. The van der Waals surface area contributed by atoms with Crippen LogP contribution in [0.2, 0.25) is 0 Å². The molecule has 0 aliphatic carbocycles. The number of carbonyl (C=O) groups is 1. The van der Waals surface area contributed by atoms with E-state index < -0.39 is 0 Å². The Morgan fingerprint density at radius 2 is 1.91 bits per heavy atom. The number of thioether (sulfide) groups is 1. The standard InChI is InChI=1S/C17H27N3OS/c1-2-8-18-9-10-19-17(21)16(15-6-4-3-5-7-15)20-11-13-22-14-12-20/h3-7,16,18H,2,8-14H2,1H3,(H,19,21). The normalized spacial score (nSPS) is 17.1. The lowest BCUT2D eigenvalue weighted by atomic mass is 10.0. The molecule has 0 saturated carbocycles. The highest BCUT2D eigenvalue weighted by Gasteiger charge is 2.28.